The minimum absolute atomic E-state index is 0.192. The van der Waals surface area contributed by atoms with Crippen molar-refractivity contribution < 1.29 is 23.9 Å². The van der Waals surface area contributed by atoms with E-state index in [1.54, 1.807) is 6.92 Å². The molecule has 0 aromatic heterocycles. The number of ether oxygens (including phenoxy) is 2. The molecule has 0 aromatic rings. The zero-order valence-corrected chi connectivity index (χ0v) is 15.4. The SMILES string of the molecule is CCOC(=O)[C@H]1O[C@@H]1C(=O)N[C@@H](CC(C)C)C(=O)NCCCCN=[N+]=[N-]. The molecule has 1 heterocycles. The van der Waals surface area contributed by atoms with Gasteiger partial charge >= 0.3 is 5.97 Å². The first-order chi connectivity index (χ1) is 12.4. The van der Waals surface area contributed by atoms with Crippen LogP contribution in [0.1, 0.15) is 40.0 Å². The largest absolute Gasteiger partial charge is 0.464 e. The van der Waals surface area contributed by atoms with Gasteiger partial charge in [-0.3, -0.25) is 9.59 Å². The van der Waals surface area contributed by atoms with Crippen molar-refractivity contribution in [2.45, 2.75) is 58.3 Å². The van der Waals surface area contributed by atoms with Crippen LogP contribution in [0.2, 0.25) is 0 Å². The van der Waals surface area contributed by atoms with Gasteiger partial charge in [-0.2, -0.15) is 0 Å². The second kappa shape index (κ2) is 11.3. The highest BCUT2D eigenvalue weighted by Crippen LogP contribution is 2.24. The molecule has 1 aliphatic heterocycles. The lowest BCUT2D eigenvalue weighted by Crippen LogP contribution is -2.49. The summed E-state index contributed by atoms with van der Waals surface area (Å²) in [6, 6.07) is -0.702. The third kappa shape index (κ3) is 7.71. The van der Waals surface area contributed by atoms with Crippen LogP contribution in [0.15, 0.2) is 5.11 Å². The first kappa shape index (κ1) is 21.7. The molecule has 1 saturated heterocycles. The highest BCUT2D eigenvalue weighted by atomic mass is 16.6. The van der Waals surface area contributed by atoms with Crippen LogP contribution in [0.25, 0.3) is 10.4 Å². The number of carbonyl (C=O) groups is 3. The minimum atomic E-state index is -0.902. The number of nitrogens with zero attached hydrogens (tertiary/aromatic N) is 3. The summed E-state index contributed by atoms with van der Waals surface area (Å²) in [6.07, 6.45) is 0.0123. The average molecular weight is 369 g/mol. The van der Waals surface area contributed by atoms with Gasteiger partial charge in [-0.1, -0.05) is 19.0 Å². The Morgan fingerprint density at radius 2 is 2.00 bits per heavy atom. The van der Waals surface area contributed by atoms with E-state index in [2.05, 4.69) is 20.7 Å². The topological polar surface area (TPSA) is 146 Å². The molecule has 1 fully saturated rings. The Morgan fingerprint density at radius 3 is 2.62 bits per heavy atom. The lowest BCUT2D eigenvalue weighted by Gasteiger charge is -2.19. The van der Waals surface area contributed by atoms with Crippen LogP contribution in [0.4, 0.5) is 0 Å². The fraction of sp³-hybridized carbons (Fsp3) is 0.812. The Kier molecular flexibility index (Phi) is 9.46. The molecule has 2 amide bonds. The number of amides is 2. The fourth-order valence-electron chi connectivity index (χ4n) is 2.36. The number of rotatable bonds is 12. The molecule has 3 atom stereocenters. The van der Waals surface area contributed by atoms with Gasteiger partial charge in [0, 0.05) is 18.0 Å². The molecular weight excluding hydrogens is 342 g/mol. The molecule has 0 spiro atoms. The van der Waals surface area contributed by atoms with Crippen LogP contribution in [0.5, 0.6) is 0 Å². The summed E-state index contributed by atoms with van der Waals surface area (Å²) in [6.45, 7) is 6.58. The van der Waals surface area contributed by atoms with Gasteiger partial charge in [0.25, 0.3) is 5.91 Å². The van der Waals surface area contributed by atoms with Crippen molar-refractivity contribution in [1.29, 1.82) is 0 Å². The number of epoxide rings is 1. The molecule has 0 aromatic carbocycles. The van der Waals surface area contributed by atoms with Crippen LogP contribution < -0.4 is 10.6 Å². The molecule has 0 radical (unpaired) electrons. The van der Waals surface area contributed by atoms with Crippen LogP contribution in [0, 0.1) is 5.92 Å². The average Bonchev–Trinajstić information content (AvgIpc) is 3.38. The van der Waals surface area contributed by atoms with E-state index in [9.17, 15) is 14.4 Å². The number of hydrogen-bond donors (Lipinski definition) is 2. The predicted octanol–water partition coefficient (Wildman–Crippen LogP) is 1.05. The number of unbranched alkanes of at least 4 members (excludes halogenated alkanes) is 1. The van der Waals surface area contributed by atoms with E-state index in [4.69, 9.17) is 15.0 Å². The number of carbonyl (C=O) groups excluding carboxylic acids is 3. The summed E-state index contributed by atoms with van der Waals surface area (Å²) in [5.74, 6) is -1.16. The van der Waals surface area contributed by atoms with Crippen molar-refractivity contribution >= 4 is 17.8 Å². The molecule has 2 N–H and O–H groups in total. The van der Waals surface area contributed by atoms with E-state index >= 15 is 0 Å². The Bertz CT molecular complexity index is 547. The molecule has 26 heavy (non-hydrogen) atoms. The lowest BCUT2D eigenvalue weighted by atomic mass is 10.0. The summed E-state index contributed by atoms with van der Waals surface area (Å²) < 4.78 is 9.86. The maximum absolute atomic E-state index is 12.3. The summed E-state index contributed by atoms with van der Waals surface area (Å²) in [7, 11) is 0. The summed E-state index contributed by atoms with van der Waals surface area (Å²) in [4.78, 5) is 38.7. The third-order valence-corrected chi connectivity index (χ3v) is 3.66. The van der Waals surface area contributed by atoms with Gasteiger partial charge in [0.15, 0.2) is 12.2 Å². The van der Waals surface area contributed by atoms with Crippen LogP contribution in [0.3, 0.4) is 0 Å². The highest BCUT2D eigenvalue weighted by Gasteiger charge is 2.52. The summed E-state index contributed by atoms with van der Waals surface area (Å²) >= 11 is 0. The maximum Gasteiger partial charge on any atom is 0.338 e. The van der Waals surface area contributed by atoms with Gasteiger partial charge in [-0.25, -0.2) is 4.79 Å². The van der Waals surface area contributed by atoms with Crippen molar-refractivity contribution in [2.75, 3.05) is 19.7 Å². The smallest absolute Gasteiger partial charge is 0.338 e. The zero-order chi connectivity index (χ0) is 19.5. The molecule has 1 rings (SSSR count). The summed E-state index contributed by atoms with van der Waals surface area (Å²) in [5, 5.41) is 8.83. The van der Waals surface area contributed by atoms with E-state index in [1.165, 1.54) is 0 Å². The number of esters is 1. The molecule has 0 aliphatic carbocycles. The van der Waals surface area contributed by atoms with Gasteiger partial charge in [-0.05, 0) is 37.6 Å². The normalized spacial score (nSPS) is 19.2. The van der Waals surface area contributed by atoms with Gasteiger partial charge in [0.1, 0.15) is 6.04 Å². The van der Waals surface area contributed by atoms with Crippen molar-refractivity contribution in [3.63, 3.8) is 0 Å². The van der Waals surface area contributed by atoms with Crippen LogP contribution in [-0.4, -0.2) is 55.7 Å². The molecule has 0 saturated carbocycles. The molecular formula is C16H27N5O5. The quantitative estimate of drug-likeness (QED) is 0.132. The van der Waals surface area contributed by atoms with Gasteiger partial charge < -0.3 is 20.1 Å². The number of azide groups is 1. The molecule has 0 bridgehead atoms. The third-order valence-electron chi connectivity index (χ3n) is 3.66. The number of nitrogens with one attached hydrogen (secondary N) is 2. The molecule has 10 nitrogen and oxygen atoms in total. The van der Waals surface area contributed by atoms with E-state index in [0.717, 1.165) is 0 Å². The van der Waals surface area contributed by atoms with E-state index in [0.29, 0.717) is 32.4 Å². The molecule has 10 heteroatoms. The minimum Gasteiger partial charge on any atom is -0.464 e. The van der Waals surface area contributed by atoms with Crippen LogP contribution in [-0.2, 0) is 23.9 Å². The second-order valence-electron chi connectivity index (χ2n) is 6.37. The van der Waals surface area contributed by atoms with Crippen molar-refractivity contribution in [1.82, 2.24) is 10.6 Å². The zero-order valence-electron chi connectivity index (χ0n) is 15.4. The monoisotopic (exact) mass is 369 g/mol. The Balaban J connectivity index is 2.45. The van der Waals surface area contributed by atoms with Gasteiger partial charge in [-0.15, -0.1) is 0 Å². The van der Waals surface area contributed by atoms with Gasteiger partial charge in [0.2, 0.25) is 5.91 Å². The molecule has 146 valence electrons. The number of hydrogen-bond acceptors (Lipinski definition) is 6. The molecule has 0 unspecified atom stereocenters. The summed E-state index contributed by atoms with van der Waals surface area (Å²) in [5.41, 5.74) is 8.19. The fourth-order valence-corrected chi connectivity index (χ4v) is 2.36. The highest BCUT2D eigenvalue weighted by molar-refractivity contribution is 5.95. The molecule has 1 aliphatic rings. The Morgan fingerprint density at radius 1 is 1.27 bits per heavy atom. The van der Waals surface area contributed by atoms with Crippen molar-refractivity contribution in [3.05, 3.63) is 10.4 Å². The van der Waals surface area contributed by atoms with Gasteiger partial charge in [0.05, 0.1) is 6.61 Å². The first-order valence-corrected chi connectivity index (χ1v) is 8.81. The predicted molar refractivity (Wildman–Crippen MR) is 92.9 cm³/mol. The van der Waals surface area contributed by atoms with E-state index < -0.39 is 30.1 Å². The standard InChI is InChI=1S/C16H27N5O5/c1-4-25-16(24)13-12(26-13)15(23)20-11(9-10(2)3)14(22)18-7-5-6-8-19-21-17/h10-13H,4-9H2,1-3H3,(H,18,22)(H,20,23)/t11-,12-,13-/m0/s1. The van der Waals surface area contributed by atoms with Crippen LogP contribution >= 0.6 is 0 Å². The Hall–Kier alpha value is -2.32. The van der Waals surface area contributed by atoms with E-state index in [-0.39, 0.29) is 18.4 Å². The maximum atomic E-state index is 12.3. The van der Waals surface area contributed by atoms with E-state index in [1.807, 2.05) is 13.8 Å². The Labute approximate surface area is 152 Å². The lowest BCUT2D eigenvalue weighted by molar-refractivity contribution is -0.144. The first-order valence-electron chi connectivity index (χ1n) is 8.81. The van der Waals surface area contributed by atoms with Crippen molar-refractivity contribution in [3.8, 4) is 0 Å². The second-order valence-corrected chi connectivity index (χ2v) is 6.37. The van der Waals surface area contributed by atoms with Crippen molar-refractivity contribution in [2.24, 2.45) is 11.0 Å².